The highest BCUT2D eigenvalue weighted by Gasteiger charge is 2.16. The third-order valence-corrected chi connectivity index (χ3v) is 5.56. The van der Waals surface area contributed by atoms with Gasteiger partial charge in [-0.2, -0.15) is 0 Å². The summed E-state index contributed by atoms with van der Waals surface area (Å²) < 4.78 is 1.46. The molecule has 0 spiro atoms. The fourth-order valence-corrected chi connectivity index (χ4v) is 4.07. The molecule has 2 heterocycles. The zero-order valence-electron chi connectivity index (χ0n) is 14.0. The largest absolute Gasteiger partial charge is 0.281 e. The van der Waals surface area contributed by atoms with Gasteiger partial charge in [-0.15, -0.1) is 21.5 Å². The molecular formula is C18H10Cl2N4O3S. The highest BCUT2D eigenvalue weighted by Crippen LogP contribution is 2.26. The topological polar surface area (TPSA) is 90.4 Å². The summed E-state index contributed by atoms with van der Waals surface area (Å²) in [4.78, 5) is 23.8. The summed E-state index contributed by atoms with van der Waals surface area (Å²) >= 11 is 13.4. The van der Waals surface area contributed by atoms with Crippen molar-refractivity contribution in [2.45, 2.75) is 6.42 Å². The molecular weight excluding hydrogens is 423 g/mol. The van der Waals surface area contributed by atoms with Gasteiger partial charge in [-0.1, -0.05) is 29.3 Å². The number of hydrogen-bond acceptors (Lipinski definition) is 6. The van der Waals surface area contributed by atoms with E-state index in [1.54, 1.807) is 35.7 Å². The molecule has 0 N–H and O–H groups in total. The zero-order valence-corrected chi connectivity index (χ0v) is 16.3. The third kappa shape index (κ3) is 3.37. The van der Waals surface area contributed by atoms with E-state index in [1.807, 2.05) is 0 Å². The van der Waals surface area contributed by atoms with Gasteiger partial charge in [0.05, 0.1) is 10.6 Å². The summed E-state index contributed by atoms with van der Waals surface area (Å²) in [7, 11) is 0. The number of benzene rings is 2. The second-order valence-electron chi connectivity index (χ2n) is 5.91. The Balaban J connectivity index is 1.79. The predicted molar refractivity (Wildman–Crippen MR) is 108 cm³/mol. The number of nitro benzene ring substituents is 1. The molecule has 0 aliphatic rings. The number of nitro groups is 1. The Morgan fingerprint density at radius 3 is 2.54 bits per heavy atom. The maximum absolute atomic E-state index is 13.0. The van der Waals surface area contributed by atoms with Gasteiger partial charge in [0.2, 0.25) is 4.96 Å². The average molecular weight is 433 g/mol. The molecule has 0 saturated carbocycles. The highest BCUT2D eigenvalue weighted by molar-refractivity contribution is 7.15. The average Bonchev–Trinajstić information content (AvgIpc) is 3.11. The predicted octanol–water partition coefficient (Wildman–Crippen LogP) is 4.62. The summed E-state index contributed by atoms with van der Waals surface area (Å²) in [6.07, 6.45) is 0.209. The van der Waals surface area contributed by atoms with Crippen molar-refractivity contribution >= 4 is 45.2 Å². The molecule has 140 valence electrons. The van der Waals surface area contributed by atoms with Crippen LogP contribution in [0.2, 0.25) is 10.0 Å². The van der Waals surface area contributed by atoms with Crippen molar-refractivity contribution in [2.75, 3.05) is 0 Å². The molecule has 0 atom stereocenters. The Kier molecular flexibility index (Phi) is 4.84. The van der Waals surface area contributed by atoms with Crippen molar-refractivity contribution in [3.8, 4) is 11.3 Å². The molecule has 28 heavy (non-hydrogen) atoms. The first kappa shape index (κ1) is 18.5. The van der Waals surface area contributed by atoms with Crippen LogP contribution in [0, 0.1) is 10.1 Å². The Morgan fingerprint density at radius 1 is 1.11 bits per heavy atom. The lowest BCUT2D eigenvalue weighted by Gasteiger charge is -2.05. The van der Waals surface area contributed by atoms with E-state index in [4.69, 9.17) is 23.2 Å². The van der Waals surface area contributed by atoms with Crippen molar-refractivity contribution in [3.63, 3.8) is 0 Å². The van der Waals surface area contributed by atoms with E-state index in [1.165, 1.54) is 27.9 Å². The van der Waals surface area contributed by atoms with E-state index in [0.29, 0.717) is 31.8 Å². The molecule has 7 nitrogen and oxygen atoms in total. The summed E-state index contributed by atoms with van der Waals surface area (Å²) in [5, 5.41) is 21.8. The van der Waals surface area contributed by atoms with Crippen LogP contribution in [0.5, 0.6) is 0 Å². The number of aromatic nitrogens is 3. The first-order valence-electron chi connectivity index (χ1n) is 7.98. The van der Waals surface area contributed by atoms with Crippen LogP contribution < -0.4 is 5.56 Å². The molecule has 0 amide bonds. The molecule has 2 aromatic carbocycles. The van der Waals surface area contributed by atoms with E-state index in [9.17, 15) is 14.9 Å². The number of rotatable bonds is 4. The molecule has 0 radical (unpaired) electrons. The Labute approximate surface area is 172 Å². The number of nitrogens with zero attached hydrogens (tertiary/aromatic N) is 4. The molecule has 0 fully saturated rings. The number of hydrogen-bond donors (Lipinski definition) is 0. The lowest BCUT2D eigenvalue weighted by atomic mass is 10.1. The van der Waals surface area contributed by atoms with E-state index >= 15 is 0 Å². The monoisotopic (exact) mass is 432 g/mol. The molecule has 4 aromatic rings. The maximum atomic E-state index is 13.0. The quantitative estimate of drug-likeness (QED) is 0.346. The molecule has 0 unspecified atom stereocenters. The van der Waals surface area contributed by atoms with Gasteiger partial charge in [0, 0.05) is 39.5 Å². The SMILES string of the molecule is O=c1c(Cc2ccc(Cl)cc2Cl)nnc2scc(-c3ccc([N+](=O)[O-])cc3)n12. The second kappa shape index (κ2) is 7.31. The number of fused-ring (bicyclic) bond motifs is 1. The van der Waals surface area contributed by atoms with E-state index < -0.39 is 4.92 Å². The normalized spacial score (nSPS) is 11.1. The Hall–Kier alpha value is -2.81. The van der Waals surface area contributed by atoms with Gasteiger partial charge in [0.15, 0.2) is 0 Å². The van der Waals surface area contributed by atoms with E-state index in [0.717, 1.165) is 0 Å². The third-order valence-electron chi connectivity index (χ3n) is 4.16. The number of non-ortho nitro benzene ring substituents is 1. The molecule has 2 aromatic heterocycles. The Bertz CT molecular complexity index is 1270. The van der Waals surface area contributed by atoms with E-state index in [-0.39, 0.29) is 23.4 Å². The first-order chi connectivity index (χ1) is 13.4. The van der Waals surface area contributed by atoms with Crippen LogP contribution in [0.25, 0.3) is 16.2 Å². The molecule has 10 heteroatoms. The summed E-state index contributed by atoms with van der Waals surface area (Å²) in [6.45, 7) is 0. The van der Waals surface area contributed by atoms with Crippen LogP contribution >= 0.6 is 34.5 Å². The molecule has 0 aliphatic carbocycles. The molecule has 0 saturated heterocycles. The number of halogens is 2. The maximum Gasteiger partial charge on any atom is 0.281 e. The van der Waals surface area contributed by atoms with Gasteiger partial charge in [0.1, 0.15) is 5.69 Å². The molecule has 0 bridgehead atoms. The summed E-state index contributed by atoms with van der Waals surface area (Å²) in [5.74, 6) is 0. The lowest BCUT2D eigenvalue weighted by molar-refractivity contribution is -0.384. The van der Waals surface area contributed by atoms with Crippen molar-refractivity contribution < 1.29 is 4.92 Å². The van der Waals surface area contributed by atoms with Gasteiger partial charge in [-0.25, -0.2) is 4.40 Å². The minimum absolute atomic E-state index is 0.0199. The van der Waals surface area contributed by atoms with Crippen LogP contribution in [0.4, 0.5) is 5.69 Å². The highest BCUT2D eigenvalue weighted by atomic mass is 35.5. The van der Waals surface area contributed by atoms with Crippen LogP contribution in [-0.2, 0) is 6.42 Å². The lowest BCUT2D eigenvalue weighted by Crippen LogP contribution is -2.21. The van der Waals surface area contributed by atoms with Gasteiger partial charge in [-0.3, -0.25) is 14.9 Å². The van der Waals surface area contributed by atoms with Gasteiger partial charge in [0.25, 0.3) is 11.2 Å². The second-order valence-corrected chi connectivity index (χ2v) is 7.59. The molecule has 4 rings (SSSR count). The van der Waals surface area contributed by atoms with Crippen LogP contribution in [0.15, 0.2) is 52.6 Å². The van der Waals surface area contributed by atoms with E-state index in [2.05, 4.69) is 10.2 Å². The van der Waals surface area contributed by atoms with Crippen molar-refractivity contribution in [1.82, 2.24) is 14.6 Å². The minimum atomic E-state index is -0.471. The van der Waals surface area contributed by atoms with Crippen LogP contribution in [0.3, 0.4) is 0 Å². The van der Waals surface area contributed by atoms with Crippen molar-refractivity contribution in [1.29, 1.82) is 0 Å². The van der Waals surface area contributed by atoms with Gasteiger partial charge < -0.3 is 0 Å². The summed E-state index contributed by atoms with van der Waals surface area (Å²) in [5.41, 5.74) is 1.88. The van der Waals surface area contributed by atoms with Crippen molar-refractivity contribution in [2.24, 2.45) is 0 Å². The zero-order chi connectivity index (χ0) is 19.8. The molecule has 0 aliphatic heterocycles. The minimum Gasteiger partial charge on any atom is -0.267 e. The fraction of sp³-hybridized carbons (Fsp3) is 0.0556. The van der Waals surface area contributed by atoms with Gasteiger partial charge in [-0.05, 0) is 29.8 Å². The van der Waals surface area contributed by atoms with Crippen molar-refractivity contribution in [3.05, 3.63) is 89.6 Å². The standard InChI is InChI=1S/C18H10Cl2N4O3S/c19-12-4-1-11(14(20)8-12)7-15-17(25)23-16(9-28-18(23)22-21-15)10-2-5-13(6-3-10)24(26)27/h1-6,8-9H,7H2. The Morgan fingerprint density at radius 2 is 1.86 bits per heavy atom. The summed E-state index contributed by atoms with van der Waals surface area (Å²) in [6, 6.07) is 11.0. The fourth-order valence-electron chi connectivity index (χ4n) is 2.76. The first-order valence-corrected chi connectivity index (χ1v) is 9.62. The van der Waals surface area contributed by atoms with Crippen LogP contribution in [-0.4, -0.2) is 19.5 Å². The number of thiazole rings is 1. The smallest absolute Gasteiger partial charge is 0.267 e. The van der Waals surface area contributed by atoms with Gasteiger partial charge >= 0.3 is 0 Å². The van der Waals surface area contributed by atoms with Crippen LogP contribution in [0.1, 0.15) is 11.3 Å².